The highest BCUT2D eigenvalue weighted by molar-refractivity contribution is 8.01. The Balaban J connectivity index is 1.71. The fourth-order valence-corrected chi connectivity index (χ4v) is 4.31. The third kappa shape index (κ3) is 7.20. The van der Waals surface area contributed by atoms with Gasteiger partial charge in [0.1, 0.15) is 4.75 Å². The minimum Gasteiger partial charge on any atom is -0.480 e. The van der Waals surface area contributed by atoms with Crippen LogP contribution in [0.15, 0.2) is 58.5 Å². The minimum absolute atomic E-state index is 0.102. The number of benzene rings is 2. The van der Waals surface area contributed by atoms with Gasteiger partial charge in [0.2, 0.25) is 5.90 Å². The number of hydrogen-bond acceptors (Lipinski definition) is 7. The van der Waals surface area contributed by atoms with Crippen LogP contribution in [0.2, 0.25) is 5.02 Å². The molecule has 0 aromatic heterocycles. The number of ether oxygens (including phenoxy) is 2. The van der Waals surface area contributed by atoms with E-state index >= 15 is 0 Å². The molecule has 1 amide bonds. The minimum atomic E-state index is -0.908. The van der Waals surface area contributed by atoms with Crippen LogP contribution in [0.4, 0.5) is 5.69 Å². The van der Waals surface area contributed by atoms with E-state index in [2.05, 4.69) is 10.0 Å². The van der Waals surface area contributed by atoms with E-state index < -0.39 is 10.7 Å². The zero-order valence-electron chi connectivity index (χ0n) is 19.4. The first-order chi connectivity index (χ1) is 16.2. The molecule has 34 heavy (non-hydrogen) atoms. The number of hydrazone groups is 1. The molecule has 0 saturated carbocycles. The van der Waals surface area contributed by atoms with Gasteiger partial charge in [-0.05, 0) is 49.7 Å². The van der Waals surface area contributed by atoms with Crippen molar-refractivity contribution in [3.63, 3.8) is 0 Å². The van der Waals surface area contributed by atoms with Crippen LogP contribution in [-0.4, -0.2) is 65.9 Å². The zero-order valence-corrected chi connectivity index (χ0v) is 20.9. The first-order valence-corrected chi connectivity index (χ1v) is 11.9. The van der Waals surface area contributed by atoms with E-state index in [1.54, 1.807) is 45.2 Å². The van der Waals surface area contributed by atoms with E-state index in [9.17, 15) is 14.7 Å². The number of hydrogen-bond donors (Lipinski definition) is 1. The Morgan fingerprint density at radius 3 is 2.65 bits per heavy atom. The van der Waals surface area contributed by atoms with Crippen LogP contribution >= 0.6 is 23.4 Å². The van der Waals surface area contributed by atoms with Crippen molar-refractivity contribution in [3.05, 3.63) is 59.1 Å². The highest BCUT2D eigenvalue weighted by atomic mass is 35.5. The van der Waals surface area contributed by atoms with Crippen LogP contribution in [0.25, 0.3) is 0 Å². The SMILES string of the molecule is COCCN(CC1=NN(c2cccc(Cl)c2)C(=O)CO1)Cc1ccc(SC(C)(C)C(=O)O)cc1. The van der Waals surface area contributed by atoms with E-state index in [0.717, 1.165) is 10.5 Å². The Morgan fingerprint density at radius 2 is 2.00 bits per heavy atom. The van der Waals surface area contributed by atoms with Gasteiger partial charge in [-0.2, -0.15) is 5.01 Å². The van der Waals surface area contributed by atoms with E-state index in [0.29, 0.717) is 42.8 Å². The molecular formula is C24H28ClN3O5S. The predicted molar refractivity (Wildman–Crippen MR) is 133 cm³/mol. The molecule has 3 rings (SSSR count). The van der Waals surface area contributed by atoms with Gasteiger partial charge in [-0.1, -0.05) is 29.8 Å². The molecule has 0 bridgehead atoms. The van der Waals surface area contributed by atoms with Gasteiger partial charge in [0, 0.05) is 30.1 Å². The smallest absolute Gasteiger partial charge is 0.319 e. The number of methoxy groups -OCH3 is 1. The molecule has 1 aliphatic heterocycles. The average molecular weight is 506 g/mol. The van der Waals surface area contributed by atoms with Gasteiger partial charge in [0.05, 0.1) is 18.8 Å². The highest BCUT2D eigenvalue weighted by Crippen LogP contribution is 2.32. The number of thioether (sulfide) groups is 1. The summed E-state index contributed by atoms with van der Waals surface area (Å²) in [5.74, 6) is -0.705. The molecule has 0 spiro atoms. The molecule has 2 aromatic carbocycles. The van der Waals surface area contributed by atoms with Crippen molar-refractivity contribution in [2.45, 2.75) is 30.0 Å². The van der Waals surface area contributed by atoms with Crippen molar-refractivity contribution in [2.75, 3.05) is 38.4 Å². The van der Waals surface area contributed by atoms with Crippen molar-refractivity contribution in [3.8, 4) is 0 Å². The third-order valence-electron chi connectivity index (χ3n) is 5.05. The molecule has 0 unspecified atom stereocenters. The molecule has 0 saturated heterocycles. The number of carbonyl (C=O) groups is 2. The molecule has 0 atom stereocenters. The lowest BCUT2D eigenvalue weighted by atomic mass is 10.2. The lowest BCUT2D eigenvalue weighted by molar-refractivity contribution is -0.138. The standard InChI is InChI=1S/C24H28ClN3O5S/c1-24(2,23(30)31)34-20-9-7-17(8-10-20)14-27(11-12-32-3)15-21-26-28(22(29)16-33-21)19-6-4-5-18(25)13-19/h4-10,13H,11-12,14-16H2,1-3H3,(H,30,31). The summed E-state index contributed by atoms with van der Waals surface area (Å²) < 4.78 is 9.95. The topological polar surface area (TPSA) is 91.7 Å². The van der Waals surface area contributed by atoms with Crippen LogP contribution in [0, 0.1) is 0 Å². The number of amides is 1. The summed E-state index contributed by atoms with van der Waals surface area (Å²) in [6, 6.07) is 14.8. The quantitative estimate of drug-likeness (QED) is 0.459. The molecule has 182 valence electrons. The number of carboxylic acids is 1. The number of carboxylic acid groups (broad SMARTS) is 1. The fourth-order valence-electron chi connectivity index (χ4n) is 3.17. The van der Waals surface area contributed by atoms with Gasteiger partial charge in [0.15, 0.2) is 6.61 Å². The zero-order chi connectivity index (χ0) is 24.7. The summed E-state index contributed by atoms with van der Waals surface area (Å²) in [4.78, 5) is 26.7. The Kier molecular flexibility index (Phi) is 8.96. The second-order valence-electron chi connectivity index (χ2n) is 8.23. The van der Waals surface area contributed by atoms with Crippen LogP contribution in [0.1, 0.15) is 19.4 Å². The summed E-state index contributed by atoms with van der Waals surface area (Å²) in [6.07, 6.45) is 0. The van der Waals surface area contributed by atoms with E-state index in [4.69, 9.17) is 21.1 Å². The van der Waals surface area contributed by atoms with E-state index in [-0.39, 0.29) is 12.5 Å². The summed E-state index contributed by atoms with van der Waals surface area (Å²) in [6.45, 7) is 5.40. The molecule has 1 aliphatic rings. The second kappa shape index (κ2) is 11.7. The first-order valence-electron chi connectivity index (χ1n) is 10.7. The fraction of sp³-hybridized carbons (Fsp3) is 0.375. The molecule has 0 aliphatic carbocycles. The molecule has 1 N–H and O–H groups in total. The highest BCUT2D eigenvalue weighted by Gasteiger charge is 2.28. The summed E-state index contributed by atoms with van der Waals surface area (Å²) in [5.41, 5.74) is 1.63. The largest absolute Gasteiger partial charge is 0.480 e. The Hall–Kier alpha value is -2.59. The summed E-state index contributed by atoms with van der Waals surface area (Å²) >= 11 is 7.38. The van der Waals surface area contributed by atoms with Crippen molar-refractivity contribution in [1.29, 1.82) is 0 Å². The normalized spacial score (nSPS) is 14.2. The number of halogens is 1. The van der Waals surface area contributed by atoms with Gasteiger partial charge in [-0.15, -0.1) is 16.9 Å². The second-order valence-corrected chi connectivity index (χ2v) is 10.4. The maximum Gasteiger partial charge on any atom is 0.319 e. The predicted octanol–water partition coefficient (Wildman–Crippen LogP) is 4.12. The van der Waals surface area contributed by atoms with Gasteiger partial charge in [0.25, 0.3) is 5.91 Å². The molecule has 8 nitrogen and oxygen atoms in total. The molecule has 1 heterocycles. The average Bonchev–Trinajstić information content (AvgIpc) is 2.79. The number of anilines is 1. The maximum atomic E-state index is 12.4. The van der Waals surface area contributed by atoms with Gasteiger partial charge >= 0.3 is 5.97 Å². The monoisotopic (exact) mass is 505 g/mol. The summed E-state index contributed by atoms with van der Waals surface area (Å²) in [7, 11) is 1.64. The van der Waals surface area contributed by atoms with E-state index in [1.165, 1.54) is 16.8 Å². The summed E-state index contributed by atoms with van der Waals surface area (Å²) in [5, 5.41) is 15.6. The molecule has 0 fully saturated rings. The number of rotatable bonds is 11. The van der Waals surface area contributed by atoms with Crippen LogP contribution < -0.4 is 5.01 Å². The Morgan fingerprint density at radius 1 is 1.26 bits per heavy atom. The van der Waals surface area contributed by atoms with Crippen LogP contribution in [0.5, 0.6) is 0 Å². The maximum absolute atomic E-state index is 12.4. The van der Waals surface area contributed by atoms with Gasteiger partial charge in [-0.3, -0.25) is 14.5 Å². The first kappa shape index (κ1) is 26.0. The van der Waals surface area contributed by atoms with Crippen LogP contribution in [-0.2, 0) is 25.6 Å². The Bertz CT molecular complexity index is 1050. The molecular weight excluding hydrogens is 478 g/mol. The third-order valence-corrected chi connectivity index (χ3v) is 6.48. The van der Waals surface area contributed by atoms with Crippen molar-refractivity contribution in [2.24, 2.45) is 5.10 Å². The number of nitrogens with zero attached hydrogens (tertiary/aromatic N) is 3. The molecule has 2 aromatic rings. The van der Waals surface area contributed by atoms with E-state index in [1.807, 2.05) is 24.3 Å². The van der Waals surface area contributed by atoms with Crippen molar-refractivity contribution >= 4 is 46.8 Å². The van der Waals surface area contributed by atoms with Crippen molar-refractivity contribution < 1.29 is 24.2 Å². The lowest BCUT2D eigenvalue weighted by Gasteiger charge is -2.28. The lowest BCUT2D eigenvalue weighted by Crippen LogP contribution is -2.41. The Labute approximate surface area is 208 Å². The molecule has 0 radical (unpaired) electrons. The number of aliphatic carboxylic acids is 1. The van der Waals surface area contributed by atoms with Crippen molar-refractivity contribution in [1.82, 2.24) is 4.90 Å². The molecule has 10 heteroatoms. The van der Waals surface area contributed by atoms with Crippen LogP contribution in [0.3, 0.4) is 0 Å². The van der Waals surface area contributed by atoms with Gasteiger partial charge < -0.3 is 14.6 Å². The number of carbonyl (C=O) groups excluding carboxylic acids is 1. The van der Waals surface area contributed by atoms with Gasteiger partial charge in [-0.25, -0.2) is 0 Å².